The lowest BCUT2D eigenvalue weighted by Crippen LogP contribution is -2.09. The first-order chi connectivity index (χ1) is 12.7. The molecule has 5 nitrogen and oxygen atoms in total. The summed E-state index contributed by atoms with van der Waals surface area (Å²) in [7, 11) is 1.65. The number of ether oxygens (including phenoxy) is 2. The van der Waals surface area contributed by atoms with E-state index in [0.29, 0.717) is 13.0 Å². The Labute approximate surface area is 154 Å². The zero-order valence-electron chi connectivity index (χ0n) is 15.4. The smallest absolute Gasteiger partial charge is 0.161 e. The molecule has 1 aromatic heterocycles. The van der Waals surface area contributed by atoms with E-state index in [0.717, 1.165) is 47.7 Å². The molecule has 0 spiro atoms. The fraction of sp³-hybridized carbons (Fsp3) is 0.381. The SMILES string of the molecule is CCC(O)c1nc2ccccc2n1CCCCOc1ccccc1OC. The number of aromatic nitrogens is 2. The molecule has 0 radical (unpaired) electrons. The molecule has 0 saturated heterocycles. The number of fused-ring (bicyclic) bond motifs is 1. The lowest BCUT2D eigenvalue weighted by atomic mass is 10.2. The second-order valence-corrected chi connectivity index (χ2v) is 6.24. The molecule has 3 aromatic rings. The molecule has 5 heteroatoms. The van der Waals surface area contributed by atoms with Gasteiger partial charge in [-0.3, -0.25) is 0 Å². The van der Waals surface area contributed by atoms with Gasteiger partial charge in [0, 0.05) is 6.54 Å². The van der Waals surface area contributed by atoms with E-state index in [4.69, 9.17) is 9.47 Å². The second-order valence-electron chi connectivity index (χ2n) is 6.24. The summed E-state index contributed by atoms with van der Waals surface area (Å²) in [6.45, 7) is 3.40. The van der Waals surface area contributed by atoms with E-state index in [2.05, 4.69) is 15.6 Å². The first-order valence-corrected chi connectivity index (χ1v) is 9.13. The van der Waals surface area contributed by atoms with E-state index < -0.39 is 6.10 Å². The predicted molar refractivity (Wildman–Crippen MR) is 103 cm³/mol. The topological polar surface area (TPSA) is 56.5 Å². The minimum absolute atomic E-state index is 0.535. The molecule has 0 saturated carbocycles. The summed E-state index contributed by atoms with van der Waals surface area (Å²) in [6, 6.07) is 15.7. The number of rotatable bonds is 9. The Morgan fingerprint density at radius 3 is 2.54 bits per heavy atom. The van der Waals surface area contributed by atoms with Crippen LogP contribution >= 0.6 is 0 Å². The van der Waals surface area contributed by atoms with Crippen molar-refractivity contribution in [1.82, 2.24) is 9.55 Å². The fourth-order valence-corrected chi connectivity index (χ4v) is 3.06. The molecule has 0 bridgehead atoms. The summed E-state index contributed by atoms with van der Waals surface area (Å²) in [5.41, 5.74) is 2.00. The number of aliphatic hydroxyl groups is 1. The standard InChI is InChI=1S/C21H26N2O3/c1-3-18(24)21-22-16-10-4-5-11-17(16)23(21)14-8-9-15-26-20-13-7-6-12-19(20)25-2/h4-7,10-13,18,24H,3,8-9,14-15H2,1-2H3. The summed E-state index contributed by atoms with van der Waals surface area (Å²) >= 11 is 0. The normalized spacial score (nSPS) is 12.3. The molecule has 1 N–H and O–H groups in total. The third-order valence-corrected chi connectivity index (χ3v) is 4.47. The van der Waals surface area contributed by atoms with Crippen molar-refractivity contribution in [3.8, 4) is 11.5 Å². The lowest BCUT2D eigenvalue weighted by molar-refractivity contribution is 0.159. The zero-order chi connectivity index (χ0) is 18.4. The highest BCUT2D eigenvalue weighted by atomic mass is 16.5. The van der Waals surface area contributed by atoms with Gasteiger partial charge in [-0.25, -0.2) is 4.98 Å². The summed E-state index contributed by atoms with van der Waals surface area (Å²) in [5, 5.41) is 10.3. The highest BCUT2D eigenvalue weighted by molar-refractivity contribution is 5.76. The number of hydrogen-bond acceptors (Lipinski definition) is 4. The van der Waals surface area contributed by atoms with E-state index in [1.54, 1.807) is 7.11 Å². The van der Waals surface area contributed by atoms with E-state index >= 15 is 0 Å². The summed E-state index contributed by atoms with van der Waals surface area (Å²) < 4.78 is 13.3. The zero-order valence-corrected chi connectivity index (χ0v) is 15.4. The molecule has 1 unspecified atom stereocenters. The highest BCUT2D eigenvalue weighted by Gasteiger charge is 2.16. The average molecular weight is 354 g/mol. The van der Waals surface area contributed by atoms with Crippen LogP contribution in [0.5, 0.6) is 11.5 Å². The lowest BCUT2D eigenvalue weighted by Gasteiger charge is -2.13. The maximum atomic E-state index is 10.3. The minimum Gasteiger partial charge on any atom is -0.493 e. The van der Waals surface area contributed by atoms with Crippen LogP contribution in [0.4, 0.5) is 0 Å². The Bertz CT molecular complexity index is 844. The fourth-order valence-electron chi connectivity index (χ4n) is 3.06. The molecule has 3 rings (SSSR count). The predicted octanol–water partition coefficient (Wildman–Crippen LogP) is 4.35. The Morgan fingerprint density at radius 2 is 1.77 bits per heavy atom. The molecule has 0 aliphatic rings. The van der Waals surface area contributed by atoms with Gasteiger partial charge in [-0.05, 0) is 43.5 Å². The van der Waals surface area contributed by atoms with Crippen LogP contribution in [0, 0.1) is 0 Å². The van der Waals surface area contributed by atoms with E-state index in [9.17, 15) is 5.11 Å². The number of aliphatic hydroxyl groups excluding tert-OH is 1. The molecular formula is C21H26N2O3. The largest absolute Gasteiger partial charge is 0.493 e. The molecule has 1 atom stereocenters. The summed E-state index contributed by atoms with van der Waals surface area (Å²) in [5.74, 6) is 2.27. The van der Waals surface area contributed by atoms with Crippen molar-refractivity contribution in [3.63, 3.8) is 0 Å². The Balaban J connectivity index is 1.61. The van der Waals surface area contributed by atoms with Gasteiger partial charge in [0.2, 0.25) is 0 Å². The third kappa shape index (κ3) is 3.99. The van der Waals surface area contributed by atoms with Crippen LogP contribution in [-0.2, 0) is 6.54 Å². The monoisotopic (exact) mass is 354 g/mol. The Hall–Kier alpha value is -2.53. The average Bonchev–Trinajstić information content (AvgIpc) is 3.06. The molecular weight excluding hydrogens is 328 g/mol. The molecule has 26 heavy (non-hydrogen) atoms. The van der Waals surface area contributed by atoms with Gasteiger partial charge in [-0.15, -0.1) is 0 Å². The first kappa shape index (κ1) is 18.3. The van der Waals surface area contributed by atoms with E-state index in [1.807, 2.05) is 49.4 Å². The van der Waals surface area contributed by atoms with Crippen molar-refractivity contribution >= 4 is 11.0 Å². The molecule has 2 aromatic carbocycles. The Kier molecular flexibility index (Phi) is 6.12. The van der Waals surface area contributed by atoms with Crippen molar-refractivity contribution < 1.29 is 14.6 Å². The van der Waals surface area contributed by atoms with Crippen molar-refractivity contribution in [2.75, 3.05) is 13.7 Å². The van der Waals surface area contributed by atoms with Gasteiger partial charge in [0.15, 0.2) is 11.5 Å². The maximum absolute atomic E-state index is 10.3. The van der Waals surface area contributed by atoms with Crippen molar-refractivity contribution in [1.29, 1.82) is 0 Å². The third-order valence-electron chi connectivity index (χ3n) is 4.47. The Morgan fingerprint density at radius 1 is 1.04 bits per heavy atom. The van der Waals surface area contributed by atoms with Crippen LogP contribution in [0.3, 0.4) is 0 Å². The van der Waals surface area contributed by atoms with Gasteiger partial charge in [0.05, 0.1) is 24.8 Å². The molecule has 0 amide bonds. The maximum Gasteiger partial charge on any atom is 0.161 e. The molecule has 0 aliphatic carbocycles. The number of nitrogens with zero attached hydrogens (tertiary/aromatic N) is 2. The number of para-hydroxylation sites is 4. The number of methoxy groups -OCH3 is 1. The van der Waals surface area contributed by atoms with Crippen LogP contribution in [0.15, 0.2) is 48.5 Å². The summed E-state index contributed by atoms with van der Waals surface area (Å²) in [4.78, 5) is 4.62. The molecule has 138 valence electrons. The number of aryl methyl sites for hydroxylation is 1. The van der Waals surface area contributed by atoms with Crippen molar-refractivity contribution in [2.24, 2.45) is 0 Å². The van der Waals surface area contributed by atoms with Crippen LogP contribution in [0.2, 0.25) is 0 Å². The first-order valence-electron chi connectivity index (χ1n) is 9.13. The highest BCUT2D eigenvalue weighted by Crippen LogP contribution is 2.26. The summed E-state index contributed by atoms with van der Waals surface area (Å²) in [6.07, 6.45) is 1.97. The van der Waals surface area contributed by atoms with Gasteiger partial charge >= 0.3 is 0 Å². The van der Waals surface area contributed by atoms with Crippen LogP contribution in [-0.4, -0.2) is 28.4 Å². The molecule has 0 aliphatic heterocycles. The van der Waals surface area contributed by atoms with Gasteiger partial charge in [0.25, 0.3) is 0 Å². The molecule has 1 heterocycles. The van der Waals surface area contributed by atoms with Gasteiger partial charge in [-0.2, -0.15) is 0 Å². The van der Waals surface area contributed by atoms with Crippen molar-refractivity contribution in [2.45, 2.75) is 38.8 Å². The second kappa shape index (κ2) is 8.72. The van der Waals surface area contributed by atoms with Gasteiger partial charge in [0.1, 0.15) is 11.9 Å². The van der Waals surface area contributed by atoms with Crippen LogP contribution in [0.25, 0.3) is 11.0 Å². The van der Waals surface area contributed by atoms with E-state index in [-0.39, 0.29) is 0 Å². The van der Waals surface area contributed by atoms with Gasteiger partial charge < -0.3 is 19.1 Å². The van der Waals surface area contributed by atoms with Gasteiger partial charge in [-0.1, -0.05) is 31.2 Å². The number of benzene rings is 2. The van der Waals surface area contributed by atoms with Crippen LogP contribution in [0.1, 0.15) is 38.1 Å². The van der Waals surface area contributed by atoms with Crippen LogP contribution < -0.4 is 9.47 Å². The quantitative estimate of drug-likeness (QED) is 0.581. The van der Waals surface area contributed by atoms with E-state index in [1.165, 1.54) is 0 Å². The molecule has 0 fully saturated rings. The number of hydrogen-bond donors (Lipinski definition) is 1. The minimum atomic E-state index is -0.535. The number of unbranched alkanes of at least 4 members (excludes halogenated alkanes) is 1. The van der Waals surface area contributed by atoms with Crippen molar-refractivity contribution in [3.05, 3.63) is 54.4 Å². The number of imidazole rings is 1.